The third-order valence-corrected chi connectivity index (χ3v) is 2.59. The van der Waals surface area contributed by atoms with Gasteiger partial charge in [-0.25, -0.2) is 9.78 Å². The number of carbonyl (C=O) groups is 2. The minimum Gasteiger partial charge on any atom is -0.477 e. The number of hydrogen-bond donors (Lipinski definition) is 2. The van der Waals surface area contributed by atoms with E-state index in [1.165, 1.54) is 6.07 Å². The number of nitrogens with one attached hydrogen (secondary N) is 1. The zero-order chi connectivity index (χ0) is 13.7. The summed E-state index contributed by atoms with van der Waals surface area (Å²) in [6.07, 6.45) is 0. The fourth-order valence-corrected chi connectivity index (χ4v) is 1.59. The Kier molecular flexibility index (Phi) is 4.65. The molecule has 1 heterocycles. The van der Waals surface area contributed by atoms with Crippen LogP contribution in [0.15, 0.2) is 18.2 Å². The van der Waals surface area contributed by atoms with Crippen LogP contribution < -0.4 is 10.2 Å². The maximum Gasteiger partial charge on any atom is 0.354 e. The smallest absolute Gasteiger partial charge is 0.354 e. The molecule has 6 heteroatoms. The molecule has 0 aromatic carbocycles. The normalized spacial score (nSPS) is 11.7. The number of hydrogen-bond acceptors (Lipinski definition) is 4. The van der Waals surface area contributed by atoms with Gasteiger partial charge >= 0.3 is 5.97 Å². The number of carbonyl (C=O) groups excluding carboxylic acids is 1. The van der Waals surface area contributed by atoms with Crippen molar-refractivity contribution in [3.05, 3.63) is 23.9 Å². The molecular formula is C12H17N3O3. The summed E-state index contributed by atoms with van der Waals surface area (Å²) < 4.78 is 0. The van der Waals surface area contributed by atoms with Gasteiger partial charge in [-0.05, 0) is 12.1 Å². The van der Waals surface area contributed by atoms with Crippen molar-refractivity contribution in [3.63, 3.8) is 0 Å². The van der Waals surface area contributed by atoms with Crippen LogP contribution in [0.2, 0.25) is 0 Å². The van der Waals surface area contributed by atoms with Crippen molar-refractivity contribution < 1.29 is 14.7 Å². The van der Waals surface area contributed by atoms with Gasteiger partial charge in [-0.3, -0.25) is 4.79 Å². The minimum atomic E-state index is -1.07. The zero-order valence-electron chi connectivity index (χ0n) is 10.7. The molecule has 1 amide bonds. The molecule has 0 aliphatic carbocycles. The molecule has 0 saturated carbocycles. The second kappa shape index (κ2) is 6.00. The highest BCUT2D eigenvalue weighted by Crippen LogP contribution is 2.11. The predicted octanol–water partition coefficient (Wildman–Crippen LogP) is 0.598. The highest BCUT2D eigenvalue weighted by Gasteiger charge is 2.15. The number of pyridine rings is 1. The number of aromatic carboxylic acids is 1. The van der Waals surface area contributed by atoms with E-state index < -0.39 is 5.97 Å². The number of aromatic nitrogens is 1. The van der Waals surface area contributed by atoms with Gasteiger partial charge in [0.25, 0.3) is 0 Å². The summed E-state index contributed by atoms with van der Waals surface area (Å²) in [6.45, 7) is 2.27. The molecule has 6 nitrogen and oxygen atoms in total. The number of carboxylic acids is 1. The first kappa shape index (κ1) is 14.0. The molecule has 1 aromatic heterocycles. The van der Waals surface area contributed by atoms with Gasteiger partial charge in [-0.15, -0.1) is 0 Å². The zero-order valence-corrected chi connectivity index (χ0v) is 10.7. The molecule has 1 atom stereocenters. The van der Waals surface area contributed by atoms with E-state index in [-0.39, 0.29) is 17.5 Å². The van der Waals surface area contributed by atoms with Gasteiger partial charge in [0.1, 0.15) is 5.82 Å². The van der Waals surface area contributed by atoms with E-state index in [1.54, 1.807) is 38.1 Å². The Labute approximate surface area is 106 Å². The van der Waals surface area contributed by atoms with Crippen molar-refractivity contribution in [2.75, 3.05) is 25.5 Å². The van der Waals surface area contributed by atoms with Gasteiger partial charge in [-0.2, -0.15) is 0 Å². The molecule has 98 valence electrons. The van der Waals surface area contributed by atoms with Crippen LogP contribution in [0.4, 0.5) is 5.82 Å². The lowest BCUT2D eigenvalue weighted by atomic mass is 10.1. The first-order valence-electron chi connectivity index (χ1n) is 5.58. The van der Waals surface area contributed by atoms with E-state index >= 15 is 0 Å². The quantitative estimate of drug-likeness (QED) is 0.800. The van der Waals surface area contributed by atoms with E-state index in [9.17, 15) is 9.59 Å². The number of anilines is 1. The third-order valence-electron chi connectivity index (χ3n) is 2.59. The Morgan fingerprint density at radius 1 is 1.50 bits per heavy atom. The second-order valence-electron chi connectivity index (χ2n) is 4.08. The van der Waals surface area contributed by atoms with Crippen molar-refractivity contribution >= 4 is 17.7 Å². The second-order valence-corrected chi connectivity index (χ2v) is 4.08. The lowest BCUT2D eigenvalue weighted by Gasteiger charge is -2.21. The lowest BCUT2D eigenvalue weighted by Crippen LogP contribution is -2.34. The van der Waals surface area contributed by atoms with E-state index in [2.05, 4.69) is 10.3 Å². The van der Waals surface area contributed by atoms with Gasteiger partial charge in [-0.1, -0.05) is 13.0 Å². The Bertz CT molecular complexity index is 448. The Hall–Kier alpha value is -2.11. The molecule has 2 N–H and O–H groups in total. The van der Waals surface area contributed by atoms with Gasteiger partial charge < -0.3 is 15.3 Å². The molecule has 1 unspecified atom stereocenters. The Balaban J connectivity index is 2.78. The maximum atomic E-state index is 11.4. The van der Waals surface area contributed by atoms with Gasteiger partial charge in [0.15, 0.2) is 5.69 Å². The first-order chi connectivity index (χ1) is 8.45. The first-order valence-corrected chi connectivity index (χ1v) is 5.58. The van der Waals surface area contributed by atoms with Crippen LogP contribution in [0.25, 0.3) is 0 Å². The number of nitrogens with zero attached hydrogens (tertiary/aromatic N) is 2. The van der Waals surface area contributed by atoms with Crippen LogP contribution in [0.1, 0.15) is 17.4 Å². The molecular weight excluding hydrogens is 234 g/mol. The highest BCUT2D eigenvalue weighted by atomic mass is 16.4. The third kappa shape index (κ3) is 3.44. The fourth-order valence-electron chi connectivity index (χ4n) is 1.59. The van der Waals surface area contributed by atoms with Crippen molar-refractivity contribution in [2.24, 2.45) is 5.92 Å². The summed E-state index contributed by atoms with van der Waals surface area (Å²) in [5.41, 5.74) is -0.00746. The largest absolute Gasteiger partial charge is 0.477 e. The molecule has 0 aliphatic heterocycles. The van der Waals surface area contributed by atoms with Crippen molar-refractivity contribution in [1.29, 1.82) is 0 Å². The van der Waals surface area contributed by atoms with E-state index in [0.717, 1.165) is 0 Å². The topological polar surface area (TPSA) is 82.5 Å². The summed E-state index contributed by atoms with van der Waals surface area (Å²) in [5.74, 6) is -0.790. The Morgan fingerprint density at radius 2 is 2.17 bits per heavy atom. The molecule has 0 radical (unpaired) electrons. The van der Waals surface area contributed by atoms with Crippen LogP contribution in [0, 0.1) is 5.92 Å². The number of rotatable bonds is 5. The molecule has 1 aromatic rings. The van der Waals surface area contributed by atoms with Crippen LogP contribution >= 0.6 is 0 Å². The van der Waals surface area contributed by atoms with Crippen LogP contribution in [-0.2, 0) is 4.79 Å². The molecule has 18 heavy (non-hydrogen) atoms. The lowest BCUT2D eigenvalue weighted by molar-refractivity contribution is -0.123. The molecule has 0 aliphatic rings. The molecule has 0 fully saturated rings. The van der Waals surface area contributed by atoms with Crippen LogP contribution in [-0.4, -0.2) is 42.6 Å². The number of carboxylic acid groups (broad SMARTS) is 1. The van der Waals surface area contributed by atoms with Crippen molar-refractivity contribution in [2.45, 2.75) is 6.92 Å². The molecule has 0 spiro atoms. The van der Waals surface area contributed by atoms with E-state index in [4.69, 9.17) is 5.11 Å². The van der Waals surface area contributed by atoms with Crippen LogP contribution in [0.3, 0.4) is 0 Å². The fraction of sp³-hybridized carbons (Fsp3) is 0.417. The van der Waals surface area contributed by atoms with Crippen LogP contribution in [0.5, 0.6) is 0 Å². The minimum absolute atomic E-state index is 0.00746. The average Bonchev–Trinajstić information content (AvgIpc) is 2.37. The summed E-state index contributed by atoms with van der Waals surface area (Å²) in [6, 6.07) is 4.78. The van der Waals surface area contributed by atoms with Gasteiger partial charge in [0.05, 0.1) is 5.92 Å². The van der Waals surface area contributed by atoms with E-state index in [0.29, 0.717) is 12.4 Å². The standard InChI is InChI=1S/C12H17N3O3/c1-8(11(16)13-2)7-15(3)10-6-4-5-9(14-10)12(17)18/h4-6,8H,7H2,1-3H3,(H,13,16)(H,17,18). The van der Waals surface area contributed by atoms with Crippen molar-refractivity contribution in [3.8, 4) is 0 Å². The predicted molar refractivity (Wildman–Crippen MR) is 67.7 cm³/mol. The number of amides is 1. The van der Waals surface area contributed by atoms with E-state index in [1.807, 2.05) is 0 Å². The SMILES string of the molecule is CNC(=O)C(C)CN(C)c1cccc(C(=O)O)n1. The molecule has 0 saturated heterocycles. The highest BCUT2D eigenvalue weighted by molar-refractivity contribution is 5.85. The summed E-state index contributed by atoms with van der Waals surface area (Å²) in [7, 11) is 3.36. The summed E-state index contributed by atoms with van der Waals surface area (Å²) in [5, 5.41) is 11.4. The summed E-state index contributed by atoms with van der Waals surface area (Å²) in [4.78, 5) is 28.0. The van der Waals surface area contributed by atoms with Crippen molar-refractivity contribution in [1.82, 2.24) is 10.3 Å². The molecule has 0 bridgehead atoms. The Morgan fingerprint density at radius 3 is 2.72 bits per heavy atom. The summed E-state index contributed by atoms with van der Waals surface area (Å²) >= 11 is 0. The monoisotopic (exact) mass is 251 g/mol. The van der Waals surface area contributed by atoms with Gasteiger partial charge in [0.2, 0.25) is 5.91 Å². The maximum absolute atomic E-state index is 11.4. The van der Waals surface area contributed by atoms with Gasteiger partial charge in [0, 0.05) is 20.6 Å². The average molecular weight is 251 g/mol. The molecule has 1 rings (SSSR count).